The van der Waals surface area contributed by atoms with Gasteiger partial charge >= 0.3 is 0 Å². The van der Waals surface area contributed by atoms with Gasteiger partial charge in [-0.3, -0.25) is 4.98 Å². The number of pyridine rings is 1. The number of aromatic nitrogens is 1. The van der Waals surface area contributed by atoms with E-state index in [0.29, 0.717) is 18.8 Å². The molecule has 3 N–H and O–H groups in total. The summed E-state index contributed by atoms with van der Waals surface area (Å²) in [6.07, 6.45) is 2.80. The van der Waals surface area contributed by atoms with Gasteiger partial charge in [-0.1, -0.05) is 13.0 Å². The summed E-state index contributed by atoms with van der Waals surface area (Å²) >= 11 is 0. The van der Waals surface area contributed by atoms with Crippen LogP contribution >= 0.6 is 0 Å². The maximum Gasteiger partial charge on any atom is 0.123 e. The second-order valence-corrected chi connectivity index (χ2v) is 4.54. The first kappa shape index (κ1) is 14.2. The number of benzene rings is 1. The zero-order chi connectivity index (χ0) is 14.4. The number of nitrogens with one attached hydrogen (secondary N) is 1. The van der Waals surface area contributed by atoms with Gasteiger partial charge in [-0.05, 0) is 31.0 Å². The van der Waals surface area contributed by atoms with Crippen molar-refractivity contribution in [3.8, 4) is 5.75 Å². The number of anilines is 2. The molecule has 0 fully saturated rings. The smallest absolute Gasteiger partial charge is 0.123 e. The van der Waals surface area contributed by atoms with Crippen molar-refractivity contribution in [2.75, 3.05) is 17.7 Å². The van der Waals surface area contributed by atoms with Gasteiger partial charge in [0.25, 0.3) is 0 Å². The van der Waals surface area contributed by atoms with E-state index in [0.717, 1.165) is 23.6 Å². The number of hydrogen-bond acceptors (Lipinski definition) is 4. The highest BCUT2D eigenvalue weighted by Gasteiger charge is 2.03. The number of nitrogen functional groups attached to an aromatic ring is 1. The van der Waals surface area contributed by atoms with Gasteiger partial charge in [0.05, 0.1) is 18.8 Å². The van der Waals surface area contributed by atoms with Crippen LogP contribution in [0, 0.1) is 0 Å². The standard InChI is InChI=1S/C16H21N3O/c1-3-12-6-5-7-18-16(12)11-19-14-8-13(17)9-15(10-14)20-4-2/h5-10,19H,3-4,11,17H2,1-2H3. The molecule has 0 unspecified atom stereocenters. The molecule has 2 rings (SSSR count). The van der Waals surface area contributed by atoms with Crippen molar-refractivity contribution in [1.29, 1.82) is 0 Å². The molecule has 106 valence electrons. The summed E-state index contributed by atoms with van der Waals surface area (Å²) in [6, 6.07) is 9.75. The SMILES string of the molecule is CCOc1cc(N)cc(NCc2ncccc2CC)c1. The van der Waals surface area contributed by atoms with E-state index < -0.39 is 0 Å². The fourth-order valence-corrected chi connectivity index (χ4v) is 2.11. The Balaban J connectivity index is 2.10. The average Bonchev–Trinajstić information content (AvgIpc) is 2.45. The van der Waals surface area contributed by atoms with Crippen LogP contribution in [0.25, 0.3) is 0 Å². The van der Waals surface area contributed by atoms with Gasteiger partial charge in [-0.2, -0.15) is 0 Å². The van der Waals surface area contributed by atoms with Crippen LogP contribution in [0.15, 0.2) is 36.5 Å². The Morgan fingerprint density at radius 3 is 2.85 bits per heavy atom. The number of ether oxygens (including phenoxy) is 1. The van der Waals surface area contributed by atoms with E-state index in [-0.39, 0.29) is 0 Å². The number of rotatable bonds is 6. The van der Waals surface area contributed by atoms with Crippen molar-refractivity contribution in [3.63, 3.8) is 0 Å². The van der Waals surface area contributed by atoms with E-state index in [1.165, 1.54) is 5.56 Å². The summed E-state index contributed by atoms with van der Waals surface area (Å²) in [5, 5.41) is 3.35. The van der Waals surface area contributed by atoms with Crippen LogP contribution in [0.3, 0.4) is 0 Å². The first-order valence-corrected chi connectivity index (χ1v) is 6.93. The molecule has 1 heterocycles. The van der Waals surface area contributed by atoms with Crippen molar-refractivity contribution in [3.05, 3.63) is 47.8 Å². The van der Waals surface area contributed by atoms with Gasteiger partial charge in [0.2, 0.25) is 0 Å². The third kappa shape index (κ3) is 3.63. The first-order valence-electron chi connectivity index (χ1n) is 6.93. The van der Waals surface area contributed by atoms with E-state index in [2.05, 4.69) is 23.3 Å². The molecule has 0 spiro atoms. The van der Waals surface area contributed by atoms with Gasteiger partial charge in [0, 0.05) is 29.7 Å². The Morgan fingerprint density at radius 1 is 1.25 bits per heavy atom. The third-order valence-corrected chi connectivity index (χ3v) is 3.07. The van der Waals surface area contributed by atoms with Crippen LogP contribution in [0.1, 0.15) is 25.1 Å². The molecule has 0 aliphatic carbocycles. The van der Waals surface area contributed by atoms with Gasteiger partial charge in [-0.25, -0.2) is 0 Å². The molecule has 4 heteroatoms. The minimum absolute atomic E-state index is 0.628. The molecular weight excluding hydrogens is 250 g/mol. The Bertz CT molecular complexity index is 569. The van der Waals surface area contributed by atoms with Crippen LogP contribution in [0.5, 0.6) is 5.75 Å². The average molecular weight is 271 g/mol. The summed E-state index contributed by atoms with van der Waals surface area (Å²) in [4.78, 5) is 4.42. The van der Waals surface area contributed by atoms with Gasteiger partial charge in [0.1, 0.15) is 5.75 Å². The number of nitrogens with zero attached hydrogens (tertiary/aromatic N) is 1. The Kier molecular flexibility index (Phi) is 4.82. The van der Waals surface area contributed by atoms with Crippen molar-refractivity contribution in [2.45, 2.75) is 26.8 Å². The van der Waals surface area contributed by atoms with Crippen LogP contribution in [0.2, 0.25) is 0 Å². The molecule has 0 saturated heterocycles. The molecule has 0 atom stereocenters. The molecule has 2 aromatic rings. The fraction of sp³-hybridized carbons (Fsp3) is 0.312. The summed E-state index contributed by atoms with van der Waals surface area (Å²) in [5.41, 5.74) is 9.84. The molecule has 1 aromatic carbocycles. The second kappa shape index (κ2) is 6.80. The molecule has 0 amide bonds. The quantitative estimate of drug-likeness (QED) is 0.792. The summed E-state index contributed by atoms with van der Waals surface area (Å²) in [6.45, 7) is 5.40. The fourth-order valence-electron chi connectivity index (χ4n) is 2.11. The van der Waals surface area contributed by atoms with Gasteiger partial charge in [-0.15, -0.1) is 0 Å². The number of aryl methyl sites for hydroxylation is 1. The molecule has 4 nitrogen and oxygen atoms in total. The van der Waals surface area contributed by atoms with E-state index in [9.17, 15) is 0 Å². The zero-order valence-corrected chi connectivity index (χ0v) is 12.0. The van der Waals surface area contributed by atoms with Gasteiger partial charge < -0.3 is 15.8 Å². The Labute approximate surface area is 120 Å². The van der Waals surface area contributed by atoms with E-state index in [4.69, 9.17) is 10.5 Å². The van der Waals surface area contributed by atoms with Crippen molar-refractivity contribution >= 4 is 11.4 Å². The largest absolute Gasteiger partial charge is 0.494 e. The third-order valence-electron chi connectivity index (χ3n) is 3.07. The molecule has 1 aromatic heterocycles. The minimum atomic E-state index is 0.628. The van der Waals surface area contributed by atoms with Gasteiger partial charge in [0.15, 0.2) is 0 Å². The first-order chi connectivity index (χ1) is 9.72. The lowest BCUT2D eigenvalue weighted by molar-refractivity contribution is 0.340. The maximum atomic E-state index is 5.88. The topological polar surface area (TPSA) is 60.2 Å². The van der Waals surface area contributed by atoms with E-state index in [1.807, 2.05) is 37.4 Å². The van der Waals surface area contributed by atoms with Crippen molar-refractivity contribution in [1.82, 2.24) is 4.98 Å². The van der Waals surface area contributed by atoms with E-state index in [1.54, 1.807) is 0 Å². The predicted molar refractivity (Wildman–Crippen MR) is 83.0 cm³/mol. The van der Waals surface area contributed by atoms with Crippen LogP contribution in [-0.2, 0) is 13.0 Å². The Hall–Kier alpha value is -2.23. The lowest BCUT2D eigenvalue weighted by Gasteiger charge is -2.12. The maximum absolute atomic E-state index is 5.88. The minimum Gasteiger partial charge on any atom is -0.494 e. The second-order valence-electron chi connectivity index (χ2n) is 4.54. The monoisotopic (exact) mass is 271 g/mol. The molecule has 0 aliphatic heterocycles. The lowest BCUT2D eigenvalue weighted by Crippen LogP contribution is -2.05. The summed E-state index contributed by atoms with van der Waals surface area (Å²) in [5.74, 6) is 0.784. The summed E-state index contributed by atoms with van der Waals surface area (Å²) in [7, 11) is 0. The normalized spacial score (nSPS) is 10.3. The zero-order valence-electron chi connectivity index (χ0n) is 12.0. The highest BCUT2D eigenvalue weighted by molar-refractivity contribution is 5.59. The number of nitrogens with two attached hydrogens (primary N) is 1. The highest BCUT2D eigenvalue weighted by atomic mass is 16.5. The summed E-state index contributed by atoms with van der Waals surface area (Å²) < 4.78 is 5.49. The molecule has 0 aliphatic rings. The molecule has 0 bridgehead atoms. The molecule has 0 radical (unpaired) electrons. The lowest BCUT2D eigenvalue weighted by atomic mass is 10.1. The number of hydrogen-bond donors (Lipinski definition) is 2. The highest BCUT2D eigenvalue weighted by Crippen LogP contribution is 2.23. The van der Waals surface area contributed by atoms with E-state index >= 15 is 0 Å². The molecule has 0 saturated carbocycles. The molecule has 20 heavy (non-hydrogen) atoms. The van der Waals surface area contributed by atoms with Crippen LogP contribution < -0.4 is 15.8 Å². The Morgan fingerprint density at radius 2 is 2.10 bits per heavy atom. The predicted octanol–water partition coefficient (Wildman–Crippen LogP) is 3.24. The van der Waals surface area contributed by atoms with Crippen molar-refractivity contribution < 1.29 is 4.74 Å². The van der Waals surface area contributed by atoms with Crippen molar-refractivity contribution in [2.24, 2.45) is 0 Å². The van der Waals surface area contributed by atoms with Crippen LogP contribution in [-0.4, -0.2) is 11.6 Å². The van der Waals surface area contributed by atoms with Crippen LogP contribution in [0.4, 0.5) is 11.4 Å². The molecular formula is C16H21N3O.